The first kappa shape index (κ1) is 15.4. The summed E-state index contributed by atoms with van der Waals surface area (Å²) in [6.07, 6.45) is 0. The second-order valence-electron chi connectivity index (χ2n) is 4.98. The van der Waals surface area contributed by atoms with Crippen LogP contribution in [0.2, 0.25) is 0 Å². The topological polar surface area (TPSA) is 43.4 Å². The van der Waals surface area contributed by atoms with E-state index in [9.17, 15) is 9.36 Å². The van der Waals surface area contributed by atoms with Crippen LogP contribution in [-0.4, -0.2) is 12.4 Å². The number of carbonyl (C=O) groups is 1. The van der Waals surface area contributed by atoms with Crippen molar-refractivity contribution < 1.29 is 14.1 Å². The van der Waals surface area contributed by atoms with Gasteiger partial charge in [-0.3, -0.25) is 9.36 Å². The van der Waals surface area contributed by atoms with Gasteiger partial charge in [-0.1, -0.05) is 12.1 Å². The molecule has 2 aromatic rings. The molecule has 0 unspecified atom stereocenters. The molecule has 0 aliphatic heterocycles. The summed E-state index contributed by atoms with van der Waals surface area (Å²) in [5.74, 6) is 0.555. The predicted octanol–water partition coefficient (Wildman–Crippen LogP) is 3.79. The van der Waals surface area contributed by atoms with Crippen molar-refractivity contribution in [2.24, 2.45) is 0 Å². The Labute approximate surface area is 126 Å². The minimum absolute atomic E-state index is 0.00221. The first-order valence-corrected chi connectivity index (χ1v) is 7.50. The lowest BCUT2D eigenvalue weighted by atomic mass is 9.97. The van der Waals surface area contributed by atoms with Gasteiger partial charge in [0.25, 0.3) is 0 Å². The van der Waals surface area contributed by atoms with Crippen molar-refractivity contribution in [1.82, 2.24) is 0 Å². The largest absolute Gasteiger partial charge is 0.485 e. The van der Waals surface area contributed by atoms with Crippen LogP contribution in [0.4, 0.5) is 0 Å². The molecule has 0 fully saturated rings. The van der Waals surface area contributed by atoms with Gasteiger partial charge in [0.05, 0.1) is 0 Å². The Balaban J connectivity index is 2.08. The van der Waals surface area contributed by atoms with Gasteiger partial charge in [-0.25, -0.2) is 0 Å². The van der Waals surface area contributed by atoms with Crippen LogP contribution in [0.25, 0.3) is 0 Å². The van der Waals surface area contributed by atoms with E-state index in [2.05, 4.69) is 0 Å². The lowest BCUT2D eigenvalue weighted by Gasteiger charge is -2.11. The third-order valence-electron chi connectivity index (χ3n) is 3.67. The maximum Gasteiger partial charge on any atom is 0.200 e. The lowest BCUT2D eigenvalue weighted by molar-refractivity contribution is 0.0921. The highest BCUT2D eigenvalue weighted by Crippen LogP contribution is 2.18. The van der Waals surface area contributed by atoms with Crippen LogP contribution in [0.1, 0.15) is 27.0 Å². The Bertz CT molecular complexity index is 675. The molecule has 0 amide bonds. The molecule has 0 aliphatic carbocycles. The molecule has 2 rings (SSSR count). The van der Waals surface area contributed by atoms with Crippen molar-refractivity contribution in [2.45, 2.75) is 20.8 Å². The van der Waals surface area contributed by atoms with Crippen molar-refractivity contribution in [3.63, 3.8) is 0 Å². The average molecular weight is 300 g/mol. The molecule has 3 nitrogen and oxygen atoms in total. The second-order valence-corrected chi connectivity index (χ2v) is 5.68. The summed E-state index contributed by atoms with van der Waals surface area (Å²) in [4.78, 5) is 12.2. The summed E-state index contributed by atoms with van der Waals surface area (Å²) in [7, 11) is -0.0223. The van der Waals surface area contributed by atoms with Crippen LogP contribution in [-0.2, 0) is 4.57 Å². The lowest BCUT2D eigenvalue weighted by Crippen LogP contribution is -2.14. The number of benzene rings is 2. The first-order chi connectivity index (χ1) is 10.0. The maximum atomic E-state index is 12.2. The fraction of sp³-hybridized carbons (Fsp3) is 0.235. The fourth-order valence-corrected chi connectivity index (χ4v) is 2.36. The predicted molar refractivity (Wildman–Crippen MR) is 84.2 cm³/mol. The molecule has 4 heteroatoms. The summed E-state index contributed by atoms with van der Waals surface area (Å²) < 4.78 is 16.2. The van der Waals surface area contributed by atoms with E-state index >= 15 is 0 Å². The zero-order chi connectivity index (χ0) is 15.4. The number of carbonyl (C=O) groups excluding carboxylic acids is 1. The van der Waals surface area contributed by atoms with Gasteiger partial charge in [0.15, 0.2) is 20.9 Å². The molecule has 0 saturated carbocycles. The standard InChI is InChI=1S/C17H17O3P/c1-11-4-9-16(13(3)12(11)2)17(18)10-20-14-5-7-15(21-19)8-6-14/h4-9H,10H2,1-3H3. The normalized spacial score (nSPS) is 10.6. The van der Waals surface area contributed by atoms with Gasteiger partial charge in [-0.05, 0) is 61.7 Å². The molecule has 0 aliphatic rings. The monoisotopic (exact) mass is 300 g/mol. The molecule has 0 heterocycles. The summed E-state index contributed by atoms with van der Waals surface area (Å²) in [6, 6.07) is 10.6. The number of hydrogen-bond acceptors (Lipinski definition) is 3. The van der Waals surface area contributed by atoms with Gasteiger partial charge >= 0.3 is 0 Å². The molecule has 0 N–H and O–H groups in total. The van der Waals surface area contributed by atoms with Crippen molar-refractivity contribution in [3.8, 4) is 5.75 Å². The summed E-state index contributed by atoms with van der Waals surface area (Å²) >= 11 is 0. The highest BCUT2D eigenvalue weighted by molar-refractivity contribution is 7.34. The van der Waals surface area contributed by atoms with Gasteiger partial charge in [0.1, 0.15) is 5.75 Å². The zero-order valence-corrected chi connectivity index (χ0v) is 13.2. The molecular formula is C17H17O3P. The van der Waals surface area contributed by atoms with E-state index in [4.69, 9.17) is 4.74 Å². The van der Waals surface area contributed by atoms with Crippen LogP contribution < -0.4 is 10.0 Å². The molecule has 0 atom stereocenters. The second kappa shape index (κ2) is 6.64. The zero-order valence-electron chi connectivity index (χ0n) is 12.3. The van der Waals surface area contributed by atoms with Crippen LogP contribution >= 0.6 is 8.46 Å². The van der Waals surface area contributed by atoms with Gasteiger partial charge in [0, 0.05) is 10.9 Å². The van der Waals surface area contributed by atoms with Crippen molar-refractivity contribution in [2.75, 3.05) is 6.61 Å². The fourth-order valence-electron chi connectivity index (χ4n) is 2.09. The molecule has 0 bridgehead atoms. The van der Waals surface area contributed by atoms with Gasteiger partial charge < -0.3 is 4.74 Å². The highest BCUT2D eigenvalue weighted by atomic mass is 31.1. The van der Waals surface area contributed by atoms with Crippen molar-refractivity contribution in [1.29, 1.82) is 0 Å². The number of hydrogen-bond donors (Lipinski definition) is 0. The van der Waals surface area contributed by atoms with E-state index in [1.165, 1.54) is 5.56 Å². The minimum atomic E-state index is -0.0402. The average Bonchev–Trinajstić information content (AvgIpc) is 2.51. The van der Waals surface area contributed by atoms with Gasteiger partial charge in [-0.15, -0.1) is 0 Å². The third kappa shape index (κ3) is 3.56. The summed E-state index contributed by atoms with van der Waals surface area (Å²) in [5, 5.41) is 0.679. The molecule has 0 radical (unpaired) electrons. The van der Waals surface area contributed by atoms with E-state index in [1.54, 1.807) is 24.3 Å². The van der Waals surface area contributed by atoms with Crippen molar-refractivity contribution in [3.05, 3.63) is 58.7 Å². The molecule has 2 aromatic carbocycles. The van der Waals surface area contributed by atoms with Gasteiger partial charge in [0.2, 0.25) is 0 Å². The number of aryl methyl sites for hydroxylation is 1. The molecule has 0 saturated heterocycles. The van der Waals surface area contributed by atoms with E-state index in [1.807, 2.05) is 32.9 Å². The molecule has 21 heavy (non-hydrogen) atoms. The van der Waals surface area contributed by atoms with Crippen molar-refractivity contribution >= 4 is 19.5 Å². The number of ether oxygens (including phenoxy) is 1. The summed E-state index contributed by atoms with van der Waals surface area (Å²) in [6.45, 7) is 6.00. The third-order valence-corrected chi connectivity index (χ3v) is 4.18. The number of rotatable bonds is 5. The SMILES string of the molecule is Cc1ccc(C(=O)COc2ccc(P=O)cc2)c(C)c1C. The Morgan fingerprint density at radius 3 is 2.29 bits per heavy atom. The van der Waals surface area contributed by atoms with Crippen LogP contribution in [0.5, 0.6) is 5.75 Å². The van der Waals surface area contributed by atoms with E-state index in [0.717, 1.165) is 11.1 Å². The van der Waals surface area contributed by atoms with Crippen LogP contribution in [0, 0.1) is 20.8 Å². The Morgan fingerprint density at radius 2 is 1.67 bits per heavy atom. The Hall–Kier alpha value is -1.99. The van der Waals surface area contributed by atoms with E-state index in [0.29, 0.717) is 16.6 Å². The maximum absolute atomic E-state index is 12.2. The van der Waals surface area contributed by atoms with Crippen LogP contribution in [0.3, 0.4) is 0 Å². The van der Waals surface area contributed by atoms with Gasteiger partial charge in [-0.2, -0.15) is 0 Å². The smallest absolute Gasteiger partial charge is 0.200 e. The number of ketones is 1. The molecular weight excluding hydrogens is 283 g/mol. The molecule has 0 spiro atoms. The summed E-state index contributed by atoms with van der Waals surface area (Å²) in [5.41, 5.74) is 4.02. The highest BCUT2D eigenvalue weighted by Gasteiger charge is 2.12. The first-order valence-electron chi connectivity index (χ1n) is 6.69. The van der Waals surface area contributed by atoms with E-state index < -0.39 is 0 Å². The minimum Gasteiger partial charge on any atom is -0.485 e. The number of Topliss-reactive ketones (excluding diaryl/α,β-unsaturated/α-hetero) is 1. The Kier molecular flexibility index (Phi) is 4.87. The molecule has 0 aromatic heterocycles. The quantitative estimate of drug-likeness (QED) is 0.623. The van der Waals surface area contributed by atoms with E-state index in [-0.39, 0.29) is 20.9 Å². The molecule has 108 valence electrons. The Morgan fingerprint density at radius 1 is 1.00 bits per heavy atom. The van der Waals surface area contributed by atoms with Crippen LogP contribution in [0.15, 0.2) is 36.4 Å².